The highest BCUT2D eigenvalue weighted by Gasteiger charge is 2.17. The Bertz CT molecular complexity index is 1290. The number of carbonyl (C=O) groups is 1. The summed E-state index contributed by atoms with van der Waals surface area (Å²) in [5.41, 5.74) is 2.58. The summed E-state index contributed by atoms with van der Waals surface area (Å²) in [5, 5.41) is 6.77. The molecule has 4 aromatic rings. The second-order valence-corrected chi connectivity index (χ2v) is 7.27. The van der Waals surface area contributed by atoms with Crippen molar-refractivity contribution in [1.29, 1.82) is 0 Å². The van der Waals surface area contributed by atoms with Gasteiger partial charge in [0.2, 0.25) is 0 Å². The summed E-state index contributed by atoms with van der Waals surface area (Å²) >= 11 is 0. The molecule has 0 aliphatic heterocycles. The first-order valence-corrected chi connectivity index (χ1v) is 10.0. The third-order valence-electron chi connectivity index (χ3n) is 5.02. The van der Waals surface area contributed by atoms with Gasteiger partial charge in [-0.05, 0) is 42.3 Å². The second kappa shape index (κ2) is 9.30. The van der Waals surface area contributed by atoms with Crippen LogP contribution in [0.25, 0.3) is 11.3 Å². The molecule has 162 valence electrons. The van der Waals surface area contributed by atoms with Crippen LogP contribution in [-0.2, 0) is 13.1 Å². The molecule has 1 aromatic carbocycles. The molecular weight excluding hydrogens is 408 g/mol. The van der Waals surface area contributed by atoms with E-state index in [0.29, 0.717) is 29.3 Å². The normalized spacial score (nSPS) is 10.7. The highest BCUT2D eigenvalue weighted by molar-refractivity contribution is 5.95. The first-order chi connectivity index (χ1) is 15.5. The van der Waals surface area contributed by atoms with E-state index >= 15 is 0 Å². The van der Waals surface area contributed by atoms with Gasteiger partial charge in [-0.25, -0.2) is 0 Å². The molecule has 0 radical (unpaired) electrons. The Morgan fingerprint density at radius 3 is 2.84 bits per heavy atom. The lowest BCUT2D eigenvalue weighted by molar-refractivity contribution is 0.0947. The quantitative estimate of drug-likeness (QED) is 0.483. The molecule has 0 aliphatic carbocycles. The van der Waals surface area contributed by atoms with Gasteiger partial charge < -0.3 is 19.1 Å². The van der Waals surface area contributed by atoms with Gasteiger partial charge in [0.05, 0.1) is 20.2 Å². The number of nitrogens with one attached hydrogen (secondary N) is 1. The maximum Gasteiger partial charge on any atom is 0.263 e. The molecule has 0 fully saturated rings. The smallest absolute Gasteiger partial charge is 0.263 e. The number of nitrogens with zero attached hydrogens (tertiary/aromatic N) is 3. The fourth-order valence-corrected chi connectivity index (χ4v) is 3.32. The lowest BCUT2D eigenvalue weighted by atomic mass is 10.1. The molecule has 3 heterocycles. The summed E-state index contributed by atoms with van der Waals surface area (Å²) in [6.45, 7) is 2.20. The minimum atomic E-state index is -0.459. The van der Waals surface area contributed by atoms with Crippen LogP contribution in [0.3, 0.4) is 0 Å². The van der Waals surface area contributed by atoms with Crippen LogP contribution in [0, 0.1) is 6.92 Å². The zero-order valence-corrected chi connectivity index (χ0v) is 17.7. The van der Waals surface area contributed by atoms with Crippen molar-refractivity contribution in [2.75, 3.05) is 7.11 Å². The lowest BCUT2D eigenvalue weighted by Gasteiger charge is -2.10. The van der Waals surface area contributed by atoms with Crippen LogP contribution in [0.5, 0.6) is 5.75 Å². The predicted molar refractivity (Wildman–Crippen MR) is 118 cm³/mol. The number of methoxy groups -OCH3 is 1. The van der Waals surface area contributed by atoms with E-state index in [-0.39, 0.29) is 17.7 Å². The van der Waals surface area contributed by atoms with E-state index < -0.39 is 5.91 Å². The van der Waals surface area contributed by atoms with E-state index in [0.717, 1.165) is 11.1 Å². The molecule has 0 saturated carbocycles. The van der Waals surface area contributed by atoms with Crippen LogP contribution in [0.4, 0.5) is 0 Å². The molecule has 0 aliphatic rings. The molecule has 8 nitrogen and oxygen atoms in total. The number of aromatic nitrogens is 3. The summed E-state index contributed by atoms with van der Waals surface area (Å²) in [6, 6.07) is 14.6. The van der Waals surface area contributed by atoms with Gasteiger partial charge in [-0.1, -0.05) is 23.4 Å². The van der Waals surface area contributed by atoms with E-state index in [2.05, 4.69) is 15.5 Å². The zero-order chi connectivity index (χ0) is 22.5. The number of rotatable bonds is 7. The molecule has 0 bridgehead atoms. The maximum absolute atomic E-state index is 12.9. The van der Waals surface area contributed by atoms with Gasteiger partial charge in [0, 0.05) is 30.2 Å². The van der Waals surface area contributed by atoms with E-state index in [1.165, 1.54) is 4.57 Å². The van der Waals surface area contributed by atoms with Crippen molar-refractivity contribution in [3.05, 3.63) is 99.9 Å². The summed E-state index contributed by atoms with van der Waals surface area (Å²) < 4.78 is 12.1. The molecule has 0 atom stereocenters. The highest BCUT2D eigenvalue weighted by atomic mass is 16.5. The van der Waals surface area contributed by atoms with Gasteiger partial charge in [-0.15, -0.1) is 0 Å². The summed E-state index contributed by atoms with van der Waals surface area (Å²) in [6.07, 6.45) is 5.04. The molecule has 3 aromatic heterocycles. The molecular formula is C24H22N4O4. The van der Waals surface area contributed by atoms with Gasteiger partial charge in [-0.2, -0.15) is 0 Å². The number of ether oxygens (including phenoxy) is 1. The zero-order valence-electron chi connectivity index (χ0n) is 17.7. The van der Waals surface area contributed by atoms with Gasteiger partial charge in [0.15, 0.2) is 5.76 Å². The van der Waals surface area contributed by atoms with Gasteiger partial charge >= 0.3 is 0 Å². The Morgan fingerprint density at radius 2 is 2.06 bits per heavy atom. The molecule has 0 unspecified atom stereocenters. The number of hydrogen-bond donors (Lipinski definition) is 1. The Kier molecular flexibility index (Phi) is 6.12. The fraction of sp³-hybridized carbons (Fsp3) is 0.167. The third kappa shape index (κ3) is 4.59. The molecule has 32 heavy (non-hydrogen) atoms. The van der Waals surface area contributed by atoms with Crippen molar-refractivity contribution in [1.82, 2.24) is 20.0 Å². The number of aryl methyl sites for hydroxylation is 1. The Balaban J connectivity index is 1.48. The summed E-state index contributed by atoms with van der Waals surface area (Å²) in [5.74, 6) is 0.803. The number of amides is 1. The van der Waals surface area contributed by atoms with Crippen molar-refractivity contribution in [3.8, 4) is 17.1 Å². The number of benzene rings is 1. The minimum Gasteiger partial charge on any atom is -0.497 e. The van der Waals surface area contributed by atoms with E-state index in [1.54, 1.807) is 50.8 Å². The summed E-state index contributed by atoms with van der Waals surface area (Å²) in [7, 11) is 1.59. The summed E-state index contributed by atoms with van der Waals surface area (Å²) in [4.78, 5) is 29.8. The van der Waals surface area contributed by atoms with E-state index in [1.807, 2.05) is 30.3 Å². The second-order valence-electron chi connectivity index (χ2n) is 7.27. The van der Waals surface area contributed by atoms with Gasteiger partial charge in [0.1, 0.15) is 17.0 Å². The number of hydrogen-bond acceptors (Lipinski definition) is 6. The Hall–Kier alpha value is -4.20. The third-order valence-corrected chi connectivity index (χ3v) is 5.02. The fourth-order valence-electron chi connectivity index (χ4n) is 3.32. The van der Waals surface area contributed by atoms with Crippen molar-refractivity contribution in [3.63, 3.8) is 0 Å². The molecule has 0 saturated heterocycles. The minimum absolute atomic E-state index is 0.105. The van der Waals surface area contributed by atoms with E-state index in [9.17, 15) is 9.59 Å². The monoisotopic (exact) mass is 430 g/mol. The SMILES string of the molecule is COc1cccc(-c2cc(CNC(=O)c3c(C)ccn(Cc4cccnc4)c3=O)no2)c1. The molecule has 8 heteroatoms. The van der Waals surface area contributed by atoms with E-state index in [4.69, 9.17) is 9.26 Å². The molecule has 1 amide bonds. The Morgan fingerprint density at radius 1 is 1.19 bits per heavy atom. The van der Waals surface area contributed by atoms with Crippen molar-refractivity contribution in [2.45, 2.75) is 20.0 Å². The molecule has 4 rings (SSSR count). The average Bonchev–Trinajstić information content (AvgIpc) is 3.29. The molecule has 0 spiro atoms. The van der Waals surface area contributed by atoms with Crippen molar-refractivity contribution in [2.24, 2.45) is 0 Å². The predicted octanol–water partition coefficient (Wildman–Crippen LogP) is 3.19. The molecule has 1 N–H and O–H groups in total. The van der Waals surface area contributed by atoms with Gasteiger partial charge in [-0.3, -0.25) is 14.6 Å². The number of pyridine rings is 2. The number of carbonyl (C=O) groups excluding carboxylic acids is 1. The van der Waals surface area contributed by atoms with Crippen molar-refractivity contribution < 1.29 is 14.1 Å². The van der Waals surface area contributed by atoms with Crippen LogP contribution in [-0.4, -0.2) is 27.7 Å². The maximum atomic E-state index is 12.9. The Labute approximate surface area is 184 Å². The largest absolute Gasteiger partial charge is 0.497 e. The highest BCUT2D eigenvalue weighted by Crippen LogP contribution is 2.24. The standard InChI is InChI=1S/C24H22N4O4/c1-16-8-10-28(15-17-5-4-9-25-13-17)24(30)22(16)23(29)26-14-19-12-21(32-27-19)18-6-3-7-20(11-18)31-2/h3-13H,14-15H2,1-2H3,(H,26,29). The van der Waals surface area contributed by atoms with Crippen LogP contribution in [0.1, 0.15) is 27.2 Å². The van der Waals surface area contributed by atoms with Crippen LogP contribution in [0.2, 0.25) is 0 Å². The average molecular weight is 430 g/mol. The van der Waals surface area contributed by atoms with Crippen LogP contribution in [0.15, 0.2) is 76.4 Å². The first kappa shape index (κ1) is 21.0. The van der Waals surface area contributed by atoms with Crippen LogP contribution >= 0.6 is 0 Å². The van der Waals surface area contributed by atoms with Crippen molar-refractivity contribution >= 4 is 5.91 Å². The topological polar surface area (TPSA) is 99.2 Å². The van der Waals surface area contributed by atoms with Gasteiger partial charge in [0.25, 0.3) is 11.5 Å². The first-order valence-electron chi connectivity index (χ1n) is 10.0. The lowest BCUT2D eigenvalue weighted by Crippen LogP contribution is -2.34. The van der Waals surface area contributed by atoms with Crippen LogP contribution < -0.4 is 15.6 Å².